The van der Waals surface area contributed by atoms with Crippen molar-refractivity contribution in [1.29, 1.82) is 0 Å². The van der Waals surface area contributed by atoms with Gasteiger partial charge in [-0.3, -0.25) is 4.90 Å². The van der Waals surface area contributed by atoms with Crippen LogP contribution in [-0.2, 0) is 12.7 Å². The van der Waals surface area contributed by atoms with Gasteiger partial charge in [-0.25, -0.2) is 4.98 Å². The maximum atomic E-state index is 12.4. The van der Waals surface area contributed by atoms with E-state index in [1.54, 1.807) is 0 Å². The molecule has 1 aromatic heterocycles. The molecule has 1 rings (SSSR count). The van der Waals surface area contributed by atoms with Crippen LogP contribution in [0.1, 0.15) is 23.7 Å². The van der Waals surface area contributed by atoms with Crippen LogP contribution < -0.4 is 5.73 Å². The highest BCUT2D eigenvalue weighted by molar-refractivity contribution is 7.11. The van der Waals surface area contributed by atoms with E-state index in [1.165, 1.54) is 0 Å². The van der Waals surface area contributed by atoms with Crippen molar-refractivity contribution < 1.29 is 13.2 Å². The number of hydrogen-bond donors (Lipinski definition) is 1. The van der Waals surface area contributed by atoms with E-state index < -0.39 is 11.1 Å². The zero-order valence-corrected chi connectivity index (χ0v) is 11.5. The topological polar surface area (TPSA) is 42.2 Å². The Bertz CT molecular complexity index is 387. The van der Waals surface area contributed by atoms with Gasteiger partial charge in [0.25, 0.3) is 0 Å². The lowest BCUT2D eigenvalue weighted by Gasteiger charge is -2.28. The Labute approximate surface area is 109 Å². The number of halogens is 3. The monoisotopic (exact) mass is 281 g/mol. The van der Waals surface area contributed by atoms with E-state index in [-0.39, 0.29) is 5.41 Å². The van der Waals surface area contributed by atoms with Gasteiger partial charge >= 0.3 is 6.18 Å². The molecule has 2 N–H and O–H groups in total. The Kier molecular flexibility index (Phi) is 4.74. The second kappa shape index (κ2) is 5.54. The second-order valence-electron chi connectivity index (χ2n) is 5.16. The number of alkyl halides is 3. The quantitative estimate of drug-likeness (QED) is 0.902. The molecule has 0 bridgehead atoms. The maximum Gasteiger partial charge on any atom is 0.427 e. The first-order valence-electron chi connectivity index (χ1n) is 5.54. The Morgan fingerprint density at radius 2 is 2.00 bits per heavy atom. The molecule has 0 aromatic carbocycles. The van der Waals surface area contributed by atoms with E-state index in [1.807, 2.05) is 25.8 Å². The highest BCUT2D eigenvalue weighted by atomic mass is 32.1. The summed E-state index contributed by atoms with van der Waals surface area (Å²) in [6.45, 7) is 5.69. The van der Waals surface area contributed by atoms with Gasteiger partial charge in [0.15, 0.2) is 0 Å². The smallest absolute Gasteiger partial charge is 0.330 e. The zero-order chi connectivity index (χ0) is 14.0. The summed E-state index contributed by atoms with van der Waals surface area (Å²) in [5.74, 6) is 0. The largest absolute Gasteiger partial charge is 0.427 e. The first-order chi connectivity index (χ1) is 8.14. The van der Waals surface area contributed by atoms with Gasteiger partial charge in [0.2, 0.25) is 0 Å². The molecule has 0 aliphatic rings. The summed E-state index contributed by atoms with van der Waals surface area (Å²) in [7, 11) is 1.85. The van der Waals surface area contributed by atoms with Crippen molar-refractivity contribution in [3.05, 3.63) is 16.1 Å². The van der Waals surface area contributed by atoms with Gasteiger partial charge in [-0.1, -0.05) is 13.8 Å². The minimum atomic E-state index is -4.30. The molecular weight excluding hydrogens is 263 g/mol. The van der Waals surface area contributed by atoms with Crippen LogP contribution in [0.15, 0.2) is 6.20 Å². The third kappa shape index (κ3) is 4.55. The van der Waals surface area contributed by atoms with Gasteiger partial charge < -0.3 is 5.73 Å². The summed E-state index contributed by atoms with van der Waals surface area (Å²) >= 11 is 0.693. The van der Waals surface area contributed by atoms with Gasteiger partial charge in [0.05, 0.1) is 12.7 Å². The predicted molar refractivity (Wildman–Crippen MR) is 66.3 cm³/mol. The number of nitrogens with zero attached hydrogens (tertiary/aromatic N) is 2. The first kappa shape index (κ1) is 15.4. The van der Waals surface area contributed by atoms with Crippen molar-refractivity contribution in [1.82, 2.24) is 9.88 Å². The van der Waals surface area contributed by atoms with E-state index in [2.05, 4.69) is 4.98 Å². The molecule has 18 heavy (non-hydrogen) atoms. The van der Waals surface area contributed by atoms with Crippen molar-refractivity contribution in [3.63, 3.8) is 0 Å². The summed E-state index contributed by atoms with van der Waals surface area (Å²) in [5.41, 5.74) is 5.56. The summed E-state index contributed by atoms with van der Waals surface area (Å²) in [5, 5.41) is 0.470. The summed E-state index contributed by atoms with van der Waals surface area (Å²) in [4.78, 5) is 5.09. The first-order valence-corrected chi connectivity index (χ1v) is 6.36. The summed E-state index contributed by atoms with van der Waals surface area (Å²) in [6.07, 6.45) is -3.41. The highest BCUT2D eigenvalue weighted by Gasteiger charge is 2.33. The SMILES string of the molecule is CN(Cc1ncc(C(F)(F)F)s1)CC(C)(C)CN. The van der Waals surface area contributed by atoms with Crippen molar-refractivity contribution >= 4 is 11.3 Å². The maximum absolute atomic E-state index is 12.4. The van der Waals surface area contributed by atoms with Crippen LogP contribution in [0.25, 0.3) is 0 Å². The second-order valence-corrected chi connectivity index (χ2v) is 6.27. The molecule has 3 nitrogen and oxygen atoms in total. The van der Waals surface area contributed by atoms with Crippen LogP contribution in [0.5, 0.6) is 0 Å². The molecule has 0 atom stereocenters. The van der Waals surface area contributed by atoms with E-state index in [4.69, 9.17) is 5.73 Å². The number of nitrogens with two attached hydrogens (primary N) is 1. The molecule has 0 aliphatic heterocycles. The molecule has 0 saturated carbocycles. The highest BCUT2D eigenvalue weighted by Crippen LogP contribution is 2.33. The number of hydrogen-bond acceptors (Lipinski definition) is 4. The Morgan fingerprint density at radius 1 is 1.39 bits per heavy atom. The summed E-state index contributed by atoms with van der Waals surface area (Å²) in [6, 6.07) is 0. The predicted octanol–water partition coefficient (Wildman–Crippen LogP) is 2.58. The number of thiazole rings is 1. The van der Waals surface area contributed by atoms with Crippen molar-refractivity contribution in [2.45, 2.75) is 26.6 Å². The molecule has 1 heterocycles. The molecule has 0 fully saturated rings. The van der Waals surface area contributed by atoms with Gasteiger partial charge in [0, 0.05) is 6.54 Å². The lowest BCUT2D eigenvalue weighted by Crippen LogP contribution is -2.36. The molecule has 104 valence electrons. The molecule has 1 aromatic rings. The Morgan fingerprint density at radius 3 is 2.44 bits per heavy atom. The molecule has 0 amide bonds. The molecule has 0 aliphatic carbocycles. The lowest BCUT2D eigenvalue weighted by atomic mass is 9.93. The third-order valence-corrected chi connectivity index (χ3v) is 3.52. The van der Waals surface area contributed by atoms with E-state index in [0.717, 1.165) is 6.20 Å². The summed E-state index contributed by atoms with van der Waals surface area (Å²) < 4.78 is 37.2. The molecule has 0 unspecified atom stereocenters. The molecular formula is C11H18F3N3S. The number of rotatable bonds is 5. The fourth-order valence-corrected chi connectivity index (χ4v) is 2.46. The van der Waals surface area contributed by atoms with Crippen LogP contribution in [0.3, 0.4) is 0 Å². The fourth-order valence-electron chi connectivity index (χ4n) is 1.60. The average molecular weight is 281 g/mol. The molecule has 7 heteroatoms. The van der Waals surface area contributed by atoms with E-state index >= 15 is 0 Å². The minimum Gasteiger partial charge on any atom is -0.330 e. The van der Waals surface area contributed by atoms with Crippen LogP contribution >= 0.6 is 11.3 Å². The zero-order valence-electron chi connectivity index (χ0n) is 10.7. The normalized spacial score (nSPS) is 13.3. The Hall–Kier alpha value is -0.660. The van der Waals surface area contributed by atoms with Gasteiger partial charge in [-0.05, 0) is 19.0 Å². The van der Waals surface area contributed by atoms with Crippen molar-refractivity contribution in [3.8, 4) is 0 Å². The molecule has 0 radical (unpaired) electrons. The van der Waals surface area contributed by atoms with E-state index in [0.29, 0.717) is 36.0 Å². The van der Waals surface area contributed by atoms with E-state index in [9.17, 15) is 13.2 Å². The standard InChI is InChI=1S/C11H18F3N3S/c1-10(2,6-15)7-17(3)5-9-16-4-8(18-9)11(12,13)14/h4H,5-7,15H2,1-3H3. The van der Waals surface area contributed by atoms with Crippen LogP contribution in [-0.4, -0.2) is 30.0 Å². The van der Waals surface area contributed by atoms with Crippen molar-refractivity contribution in [2.75, 3.05) is 20.1 Å². The lowest BCUT2D eigenvalue weighted by molar-refractivity contribution is -0.134. The Balaban J connectivity index is 2.60. The van der Waals surface area contributed by atoms with Crippen molar-refractivity contribution in [2.24, 2.45) is 11.1 Å². The van der Waals surface area contributed by atoms with Crippen LogP contribution in [0.2, 0.25) is 0 Å². The third-order valence-electron chi connectivity index (χ3n) is 2.49. The average Bonchev–Trinajstić information content (AvgIpc) is 2.64. The van der Waals surface area contributed by atoms with Crippen LogP contribution in [0, 0.1) is 5.41 Å². The molecule has 0 saturated heterocycles. The van der Waals surface area contributed by atoms with Gasteiger partial charge in [0.1, 0.15) is 9.88 Å². The minimum absolute atomic E-state index is 0.0567. The fraction of sp³-hybridized carbons (Fsp3) is 0.727. The van der Waals surface area contributed by atoms with Gasteiger partial charge in [-0.2, -0.15) is 13.2 Å². The number of aromatic nitrogens is 1. The molecule has 0 spiro atoms. The van der Waals surface area contributed by atoms with Crippen LogP contribution in [0.4, 0.5) is 13.2 Å². The van der Waals surface area contributed by atoms with Gasteiger partial charge in [-0.15, -0.1) is 11.3 Å².